The summed E-state index contributed by atoms with van der Waals surface area (Å²) in [5.74, 6) is -0.648. The van der Waals surface area contributed by atoms with Gasteiger partial charge in [-0.25, -0.2) is 4.79 Å². The minimum atomic E-state index is -1.66. The Labute approximate surface area is 218 Å². The van der Waals surface area contributed by atoms with Crippen molar-refractivity contribution in [3.8, 4) is 0 Å². The fraction of sp³-hybridized carbons (Fsp3) is 0.633. The first kappa shape index (κ1) is 26.3. The Morgan fingerprint density at radius 3 is 2.70 bits per heavy atom. The standard InChI is InChI=1S/C30H39NO6/c1-28-11-9-21(32)14-20(28)7-8-22-23-10-12-30(36,29(23,2)15-24(33)26(22)28)25(34)17-37-27(35)19-6-4-5-18(13-19)16-31-3/h4-6,13-14,22-24,26,31,33,36H,7-12,15-17H2,1-3H3/t22-,23-,24-,26+,28-,29-,30-/m0/s1. The van der Waals surface area contributed by atoms with E-state index in [0.29, 0.717) is 37.8 Å². The van der Waals surface area contributed by atoms with Crippen LogP contribution in [0.1, 0.15) is 74.7 Å². The van der Waals surface area contributed by atoms with Crippen LogP contribution in [-0.4, -0.2) is 53.1 Å². The third-order valence-corrected chi connectivity index (χ3v) is 10.4. The van der Waals surface area contributed by atoms with E-state index in [0.717, 1.165) is 30.4 Å². The van der Waals surface area contributed by atoms with Crippen LogP contribution < -0.4 is 5.32 Å². The number of esters is 1. The third kappa shape index (κ3) is 4.10. The minimum Gasteiger partial charge on any atom is -0.454 e. The molecule has 1 aromatic carbocycles. The Morgan fingerprint density at radius 2 is 1.95 bits per heavy atom. The molecule has 0 spiro atoms. The van der Waals surface area contributed by atoms with Gasteiger partial charge in [-0.2, -0.15) is 0 Å². The Hall–Kier alpha value is -2.35. The second kappa shape index (κ2) is 9.44. The molecule has 7 atom stereocenters. The average molecular weight is 510 g/mol. The zero-order valence-electron chi connectivity index (χ0n) is 22.1. The average Bonchev–Trinajstić information content (AvgIpc) is 3.14. The lowest BCUT2D eigenvalue weighted by Crippen LogP contribution is -2.62. The summed E-state index contributed by atoms with van der Waals surface area (Å²) < 4.78 is 5.38. The van der Waals surface area contributed by atoms with Gasteiger partial charge in [0.25, 0.3) is 0 Å². The number of fused-ring (bicyclic) bond motifs is 5. The van der Waals surface area contributed by atoms with Gasteiger partial charge in [0.15, 0.2) is 12.4 Å². The molecule has 0 aromatic heterocycles. The Morgan fingerprint density at radius 1 is 1.16 bits per heavy atom. The van der Waals surface area contributed by atoms with Crippen molar-refractivity contribution in [1.29, 1.82) is 0 Å². The second-order valence-electron chi connectivity index (χ2n) is 12.2. The predicted octanol–water partition coefficient (Wildman–Crippen LogP) is 3.37. The highest BCUT2D eigenvalue weighted by Crippen LogP contribution is 2.67. The summed E-state index contributed by atoms with van der Waals surface area (Å²) in [7, 11) is 1.82. The molecule has 200 valence electrons. The summed E-state index contributed by atoms with van der Waals surface area (Å²) in [6, 6.07) is 7.05. The van der Waals surface area contributed by atoms with Gasteiger partial charge in [0.2, 0.25) is 5.78 Å². The number of hydrogen-bond acceptors (Lipinski definition) is 7. The number of aliphatic hydroxyl groups excluding tert-OH is 1. The number of carbonyl (C=O) groups is 3. The number of carbonyl (C=O) groups excluding carboxylic acids is 3. The molecular formula is C30H39NO6. The van der Waals surface area contributed by atoms with Crippen molar-refractivity contribution in [3.05, 3.63) is 47.0 Å². The molecule has 0 bridgehead atoms. The SMILES string of the molecule is CNCc1cccc(C(=O)OCC(=O)[C@@]2(O)CC[C@H]3[C@@H]4CCC5=CC(=O)CC[C@]5(C)[C@H]4[C@@H](O)C[C@@]32C)c1. The molecule has 0 heterocycles. The second-order valence-corrected chi connectivity index (χ2v) is 12.2. The van der Waals surface area contributed by atoms with E-state index in [-0.39, 0.29) is 29.0 Å². The van der Waals surface area contributed by atoms with Crippen molar-refractivity contribution in [3.63, 3.8) is 0 Å². The summed E-state index contributed by atoms with van der Waals surface area (Å²) in [6.45, 7) is 4.23. The van der Waals surface area contributed by atoms with Gasteiger partial charge in [0.05, 0.1) is 11.7 Å². The van der Waals surface area contributed by atoms with Gasteiger partial charge >= 0.3 is 5.97 Å². The van der Waals surface area contributed by atoms with Crippen LogP contribution in [-0.2, 0) is 20.9 Å². The summed E-state index contributed by atoms with van der Waals surface area (Å²) in [4.78, 5) is 38.2. The summed E-state index contributed by atoms with van der Waals surface area (Å²) in [6.07, 6.45) is 5.35. The number of benzene rings is 1. The molecule has 1 aromatic rings. The van der Waals surface area contributed by atoms with Gasteiger partial charge in [0.1, 0.15) is 5.60 Å². The maximum atomic E-state index is 13.5. The van der Waals surface area contributed by atoms with Crippen molar-refractivity contribution in [1.82, 2.24) is 5.32 Å². The normalized spacial score (nSPS) is 38.7. The number of rotatable bonds is 6. The lowest BCUT2D eigenvalue weighted by molar-refractivity contribution is -0.182. The van der Waals surface area contributed by atoms with E-state index in [9.17, 15) is 24.6 Å². The van der Waals surface area contributed by atoms with Gasteiger partial charge in [-0.3, -0.25) is 9.59 Å². The van der Waals surface area contributed by atoms with Gasteiger partial charge in [0, 0.05) is 18.4 Å². The Balaban J connectivity index is 1.33. The van der Waals surface area contributed by atoms with Crippen LogP contribution in [0.2, 0.25) is 0 Å². The van der Waals surface area contributed by atoms with Gasteiger partial charge in [-0.1, -0.05) is 31.6 Å². The molecule has 0 aliphatic heterocycles. The van der Waals surface area contributed by atoms with Crippen LogP contribution in [0.3, 0.4) is 0 Å². The highest BCUT2D eigenvalue weighted by Gasteiger charge is 2.68. The van der Waals surface area contributed by atoms with Crippen LogP contribution in [0.5, 0.6) is 0 Å². The minimum absolute atomic E-state index is 0.0128. The molecular weight excluding hydrogens is 470 g/mol. The van der Waals surface area contributed by atoms with E-state index in [1.54, 1.807) is 24.3 Å². The van der Waals surface area contributed by atoms with Gasteiger partial charge in [-0.05, 0) is 92.5 Å². The van der Waals surface area contributed by atoms with Crippen molar-refractivity contribution in [2.45, 2.75) is 77.0 Å². The number of hydrogen-bond donors (Lipinski definition) is 3. The van der Waals surface area contributed by atoms with Crippen LogP contribution >= 0.6 is 0 Å². The fourth-order valence-corrected chi connectivity index (χ4v) is 8.50. The van der Waals surface area contributed by atoms with E-state index >= 15 is 0 Å². The predicted molar refractivity (Wildman–Crippen MR) is 138 cm³/mol. The van der Waals surface area contributed by atoms with E-state index in [1.165, 1.54) is 0 Å². The lowest BCUT2D eigenvalue weighted by Gasteiger charge is -2.60. The van der Waals surface area contributed by atoms with Crippen LogP contribution in [0.25, 0.3) is 0 Å². The molecule has 3 N–H and O–H groups in total. The molecule has 37 heavy (non-hydrogen) atoms. The number of allylic oxidation sites excluding steroid dienone is 1. The maximum absolute atomic E-state index is 13.5. The van der Waals surface area contributed by atoms with Gasteiger partial charge < -0.3 is 20.3 Å². The summed E-state index contributed by atoms with van der Waals surface area (Å²) in [5, 5.41) is 26.4. The van der Waals surface area contributed by atoms with E-state index in [4.69, 9.17) is 4.74 Å². The summed E-state index contributed by atoms with van der Waals surface area (Å²) >= 11 is 0. The number of aliphatic hydroxyl groups is 2. The van der Waals surface area contributed by atoms with Crippen LogP contribution in [0.4, 0.5) is 0 Å². The number of Topliss-reactive ketones (excluding diaryl/α,β-unsaturated/α-hetero) is 1. The first-order valence-corrected chi connectivity index (χ1v) is 13.6. The number of ether oxygens (including phenoxy) is 1. The van der Waals surface area contributed by atoms with Crippen LogP contribution in [0.15, 0.2) is 35.9 Å². The zero-order chi connectivity index (χ0) is 26.6. The Bertz CT molecular complexity index is 1140. The maximum Gasteiger partial charge on any atom is 0.338 e. The highest BCUT2D eigenvalue weighted by molar-refractivity contribution is 5.94. The molecule has 0 amide bonds. The van der Waals surface area contributed by atoms with Crippen molar-refractivity contribution < 1.29 is 29.3 Å². The van der Waals surface area contributed by atoms with E-state index in [1.807, 2.05) is 20.0 Å². The van der Waals surface area contributed by atoms with E-state index in [2.05, 4.69) is 12.2 Å². The highest BCUT2D eigenvalue weighted by atomic mass is 16.5. The first-order chi connectivity index (χ1) is 17.5. The first-order valence-electron chi connectivity index (χ1n) is 13.6. The molecule has 0 unspecified atom stereocenters. The Kier molecular flexibility index (Phi) is 6.70. The molecule has 0 saturated heterocycles. The number of ketones is 2. The lowest BCUT2D eigenvalue weighted by atomic mass is 9.45. The molecule has 5 rings (SSSR count). The quantitative estimate of drug-likeness (QED) is 0.504. The monoisotopic (exact) mass is 509 g/mol. The molecule has 0 radical (unpaired) electrons. The molecule has 4 aliphatic carbocycles. The third-order valence-electron chi connectivity index (χ3n) is 10.4. The fourth-order valence-electron chi connectivity index (χ4n) is 8.50. The molecule has 7 nitrogen and oxygen atoms in total. The molecule has 7 heteroatoms. The molecule has 3 fully saturated rings. The van der Waals surface area contributed by atoms with Crippen molar-refractivity contribution in [2.75, 3.05) is 13.7 Å². The smallest absolute Gasteiger partial charge is 0.338 e. The summed E-state index contributed by atoms with van der Waals surface area (Å²) in [5.41, 5.74) is -0.226. The van der Waals surface area contributed by atoms with E-state index < -0.39 is 35.5 Å². The molecule has 4 aliphatic rings. The zero-order valence-corrected chi connectivity index (χ0v) is 22.1. The molecule has 3 saturated carbocycles. The number of nitrogens with one attached hydrogen (secondary N) is 1. The van der Waals surface area contributed by atoms with Crippen molar-refractivity contribution >= 4 is 17.5 Å². The van der Waals surface area contributed by atoms with Gasteiger partial charge in [-0.15, -0.1) is 0 Å². The van der Waals surface area contributed by atoms with Crippen molar-refractivity contribution in [2.24, 2.45) is 28.6 Å². The topological polar surface area (TPSA) is 113 Å². The van der Waals surface area contributed by atoms with Crippen LogP contribution in [0, 0.1) is 28.6 Å². The largest absolute Gasteiger partial charge is 0.454 e.